The fourth-order valence-electron chi connectivity index (χ4n) is 3.16. The molecular weight excluding hydrogens is 359 g/mol. The quantitative estimate of drug-likeness (QED) is 0.862. The third-order valence-corrected chi connectivity index (χ3v) is 4.73. The number of anilines is 2. The van der Waals surface area contributed by atoms with Gasteiger partial charge in [-0.1, -0.05) is 13.8 Å². The molecule has 1 heterocycles. The normalized spacial score (nSPS) is 15.8. The molecule has 0 radical (unpaired) electrons. The van der Waals surface area contributed by atoms with E-state index in [1.54, 1.807) is 23.9 Å². The summed E-state index contributed by atoms with van der Waals surface area (Å²) in [6.07, 6.45) is -3.48. The van der Waals surface area contributed by atoms with Crippen molar-refractivity contribution in [3.05, 3.63) is 23.8 Å². The third-order valence-electron chi connectivity index (χ3n) is 4.73. The van der Waals surface area contributed by atoms with Crippen molar-refractivity contribution in [1.82, 2.24) is 4.90 Å². The second-order valence-electron chi connectivity index (χ2n) is 7.37. The molecular formula is C19H26F3N3O2. The zero-order chi connectivity index (χ0) is 20.4. The number of halogens is 3. The summed E-state index contributed by atoms with van der Waals surface area (Å²) >= 11 is 0. The van der Waals surface area contributed by atoms with E-state index >= 15 is 0 Å². The summed E-state index contributed by atoms with van der Waals surface area (Å²) in [5.74, 6) is -0.676. The Morgan fingerprint density at radius 3 is 2.26 bits per heavy atom. The van der Waals surface area contributed by atoms with E-state index in [4.69, 9.17) is 0 Å². The average molecular weight is 385 g/mol. The van der Waals surface area contributed by atoms with Crippen molar-refractivity contribution in [3.8, 4) is 0 Å². The molecule has 0 spiro atoms. The zero-order valence-electron chi connectivity index (χ0n) is 16.1. The van der Waals surface area contributed by atoms with Gasteiger partial charge in [0.05, 0.1) is 16.9 Å². The molecule has 0 aliphatic carbocycles. The van der Waals surface area contributed by atoms with Crippen LogP contribution in [0.15, 0.2) is 18.2 Å². The molecule has 0 aromatic heterocycles. The Labute approximate surface area is 157 Å². The summed E-state index contributed by atoms with van der Waals surface area (Å²) in [5.41, 5.74) is -0.162. The first-order chi connectivity index (χ1) is 12.5. The smallest absolute Gasteiger partial charge is 0.376 e. The first-order valence-electron chi connectivity index (χ1n) is 8.99. The van der Waals surface area contributed by atoms with Gasteiger partial charge < -0.3 is 15.1 Å². The number of carbonyl (C=O) groups is 2. The predicted molar refractivity (Wildman–Crippen MR) is 98.5 cm³/mol. The molecule has 0 saturated carbocycles. The maximum Gasteiger partial charge on any atom is 0.416 e. The van der Waals surface area contributed by atoms with Gasteiger partial charge in [-0.3, -0.25) is 9.59 Å². The number of hydrogen-bond acceptors (Lipinski definition) is 3. The summed E-state index contributed by atoms with van der Waals surface area (Å²) in [6.45, 7) is 4.63. The van der Waals surface area contributed by atoms with Gasteiger partial charge >= 0.3 is 6.18 Å². The van der Waals surface area contributed by atoms with E-state index in [0.29, 0.717) is 31.6 Å². The molecule has 1 saturated heterocycles. The Balaban J connectivity index is 2.10. The minimum atomic E-state index is -4.48. The minimum absolute atomic E-state index is 0.0571. The van der Waals surface area contributed by atoms with Gasteiger partial charge in [0.2, 0.25) is 11.8 Å². The van der Waals surface area contributed by atoms with Gasteiger partial charge in [-0.15, -0.1) is 0 Å². The Hall–Kier alpha value is -2.25. The van der Waals surface area contributed by atoms with Gasteiger partial charge in [-0.25, -0.2) is 0 Å². The first-order valence-corrected chi connectivity index (χ1v) is 8.99. The molecule has 1 N–H and O–H groups in total. The maximum atomic E-state index is 13.0. The summed E-state index contributed by atoms with van der Waals surface area (Å²) in [5, 5.41) is 2.66. The fourth-order valence-corrected chi connectivity index (χ4v) is 3.16. The minimum Gasteiger partial charge on any atom is -0.376 e. The van der Waals surface area contributed by atoms with Gasteiger partial charge in [-0.2, -0.15) is 13.2 Å². The number of nitrogens with zero attached hydrogens (tertiary/aromatic N) is 2. The van der Waals surface area contributed by atoms with Crippen LogP contribution in [-0.2, 0) is 15.8 Å². The number of hydrogen-bond donors (Lipinski definition) is 1. The van der Waals surface area contributed by atoms with Crippen molar-refractivity contribution < 1.29 is 22.8 Å². The van der Waals surface area contributed by atoms with Crippen molar-refractivity contribution in [2.45, 2.75) is 32.9 Å². The predicted octanol–water partition coefficient (Wildman–Crippen LogP) is 3.60. The molecule has 1 aliphatic rings. The highest BCUT2D eigenvalue weighted by atomic mass is 19.4. The number of benzene rings is 1. The van der Waals surface area contributed by atoms with Crippen LogP contribution in [0.2, 0.25) is 0 Å². The molecule has 27 heavy (non-hydrogen) atoms. The summed E-state index contributed by atoms with van der Waals surface area (Å²) in [6, 6.07) is 3.31. The van der Waals surface area contributed by atoms with Crippen molar-refractivity contribution in [3.63, 3.8) is 0 Å². The highest BCUT2D eigenvalue weighted by Gasteiger charge is 2.32. The average Bonchev–Trinajstić information content (AvgIpc) is 2.60. The molecule has 1 aromatic carbocycles. The van der Waals surface area contributed by atoms with Crippen LogP contribution in [0, 0.1) is 11.8 Å². The van der Waals surface area contributed by atoms with Gasteiger partial charge in [-0.05, 0) is 31.0 Å². The Morgan fingerprint density at radius 2 is 1.78 bits per heavy atom. The molecule has 8 heteroatoms. The van der Waals surface area contributed by atoms with Crippen molar-refractivity contribution in [2.75, 3.05) is 37.4 Å². The number of nitrogens with one attached hydrogen (secondary N) is 1. The molecule has 0 atom stereocenters. The van der Waals surface area contributed by atoms with Gasteiger partial charge in [0.15, 0.2) is 0 Å². The molecule has 5 nitrogen and oxygen atoms in total. The molecule has 2 amide bonds. The lowest BCUT2D eigenvalue weighted by Gasteiger charge is -2.32. The lowest BCUT2D eigenvalue weighted by molar-refractivity contribution is -0.137. The van der Waals surface area contributed by atoms with Crippen LogP contribution in [-0.4, -0.2) is 43.9 Å². The molecule has 0 bridgehead atoms. The van der Waals surface area contributed by atoms with Crippen LogP contribution in [0.1, 0.15) is 32.3 Å². The fraction of sp³-hybridized carbons (Fsp3) is 0.579. The molecule has 1 aliphatic heterocycles. The van der Waals surface area contributed by atoms with Crippen molar-refractivity contribution in [1.29, 1.82) is 0 Å². The standard InChI is InChI=1S/C19H26F3N3O2/c1-12(2)18(27)25-9-7-13(8-10-25)17(26)23-15-11-14(19(20,21)22)5-6-16(15)24(3)4/h5-6,11-13H,7-10H2,1-4H3,(H,23,26). The molecule has 1 fully saturated rings. The number of rotatable bonds is 4. The number of piperidine rings is 1. The van der Waals surface area contributed by atoms with E-state index in [1.807, 2.05) is 13.8 Å². The van der Waals surface area contributed by atoms with E-state index in [1.165, 1.54) is 6.07 Å². The molecule has 0 unspecified atom stereocenters. The van der Waals surface area contributed by atoms with Gasteiger partial charge in [0.1, 0.15) is 0 Å². The Bertz CT molecular complexity index is 694. The van der Waals surface area contributed by atoms with E-state index in [2.05, 4.69) is 5.32 Å². The lowest BCUT2D eigenvalue weighted by atomic mass is 9.95. The van der Waals surface area contributed by atoms with Crippen LogP contribution in [0.3, 0.4) is 0 Å². The lowest BCUT2D eigenvalue weighted by Crippen LogP contribution is -2.43. The summed E-state index contributed by atoms with van der Waals surface area (Å²) < 4.78 is 39.0. The summed E-state index contributed by atoms with van der Waals surface area (Å²) in [7, 11) is 3.41. The topological polar surface area (TPSA) is 52.7 Å². The Morgan fingerprint density at radius 1 is 1.19 bits per heavy atom. The van der Waals surface area contributed by atoms with Crippen LogP contribution in [0.4, 0.5) is 24.5 Å². The van der Waals surface area contributed by atoms with Crippen LogP contribution < -0.4 is 10.2 Å². The van der Waals surface area contributed by atoms with Crippen LogP contribution >= 0.6 is 0 Å². The third kappa shape index (κ3) is 5.14. The number of carbonyl (C=O) groups excluding carboxylic acids is 2. The van der Waals surface area contributed by atoms with Crippen LogP contribution in [0.5, 0.6) is 0 Å². The SMILES string of the molecule is CC(C)C(=O)N1CCC(C(=O)Nc2cc(C(F)(F)F)ccc2N(C)C)CC1. The highest BCUT2D eigenvalue weighted by molar-refractivity contribution is 5.96. The zero-order valence-corrected chi connectivity index (χ0v) is 16.1. The first kappa shape index (κ1) is 21.1. The molecule has 150 valence electrons. The number of amides is 2. The van der Waals surface area contributed by atoms with Crippen LogP contribution in [0.25, 0.3) is 0 Å². The van der Waals surface area contributed by atoms with E-state index in [9.17, 15) is 22.8 Å². The summed E-state index contributed by atoms with van der Waals surface area (Å²) in [4.78, 5) is 28.0. The molecule has 1 aromatic rings. The van der Waals surface area contributed by atoms with E-state index in [0.717, 1.165) is 12.1 Å². The largest absolute Gasteiger partial charge is 0.416 e. The number of alkyl halides is 3. The second kappa shape index (κ2) is 8.19. The highest BCUT2D eigenvalue weighted by Crippen LogP contribution is 2.35. The maximum absolute atomic E-state index is 13.0. The van der Waals surface area contributed by atoms with Crippen molar-refractivity contribution >= 4 is 23.2 Å². The monoisotopic (exact) mass is 385 g/mol. The van der Waals surface area contributed by atoms with Gasteiger partial charge in [0, 0.05) is 39.0 Å². The van der Waals surface area contributed by atoms with E-state index in [-0.39, 0.29) is 29.3 Å². The molecule has 2 rings (SSSR count). The second-order valence-corrected chi connectivity index (χ2v) is 7.37. The number of likely N-dealkylation sites (tertiary alicyclic amines) is 1. The van der Waals surface area contributed by atoms with E-state index < -0.39 is 11.7 Å². The van der Waals surface area contributed by atoms with Crippen molar-refractivity contribution in [2.24, 2.45) is 11.8 Å². The Kier molecular flexibility index (Phi) is 6.38. The van der Waals surface area contributed by atoms with Gasteiger partial charge in [0.25, 0.3) is 0 Å².